The number of ether oxygens (including phenoxy) is 1. The molecule has 0 saturated heterocycles. The molecular weight excluding hydrogens is 280 g/mol. The molecule has 0 radical (unpaired) electrons. The summed E-state index contributed by atoms with van der Waals surface area (Å²) >= 11 is 6.11. The summed E-state index contributed by atoms with van der Waals surface area (Å²) in [6.45, 7) is 3.76. The van der Waals surface area contributed by atoms with Gasteiger partial charge in [-0.05, 0) is 31.5 Å². The first-order valence-electron chi connectivity index (χ1n) is 6.06. The van der Waals surface area contributed by atoms with Gasteiger partial charge in [0.25, 0.3) is 0 Å². The van der Waals surface area contributed by atoms with Crippen LogP contribution in [-0.2, 0) is 4.74 Å². The van der Waals surface area contributed by atoms with E-state index in [2.05, 4.69) is 5.10 Å². The third-order valence-electron chi connectivity index (χ3n) is 2.63. The fourth-order valence-electron chi connectivity index (χ4n) is 1.68. The SMILES string of the molecule is CCOC(=O)c1nn(-c2cc(C)ccc2Cl)ccc1=O. The van der Waals surface area contributed by atoms with E-state index in [0.29, 0.717) is 10.7 Å². The number of nitrogens with zero attached hydrogens (tertiary/aromatic N) is 2. The molecule has 0 amide bonds. The molecule has 0 saturated carbocycles. The van der Waals surface area contributed by atoms with E-state index in [1.807, 2.05) is 19.1 Å². The van der Waals surface area contributed by atoms with Gasteiger partial charge >= 0.3 is 5.97 Å². The van der Waals surface area contributed by atoms with Gasteiger partial charge in [0, 0.05) is 12.3 Å². The number of carbonyl (C=O) groups is 1. The first-order valence-corrected chi connectivity index (χ1v) is 6.44. The van der Waals surface area contributed by atoms with Crippen molar-refractivity contribution >= 4 is 17.6 Å². The van der Waals surface area contributed by atoms with E-state index >= 15 is 0 Å². The summed E-state index contributed by atoms with van der Waals surface area (Å²) in [5.74, 6) is -0.740. The quantitative estimate of drug-likeness (QED) is 0.815. The number of aryl methyl sites for hydroxylation is 1. The highest BCUT2D eigenvalue weighted by Gasteiger charge is 2.15. The second-order valence-electron chi connectivity index (χ2n) is 4.15. The minimum absolute atomic E-state index is 0.181. The number of carbonyl (C=O) groups excluding carboxylic acids is 1. The molecule has 6 heteroatoms. The van der Waals surface area contributed by atoms with Crippen molar-refractivity contribution in [1.82, 2.24) is 9.78 Å². The second-order valence-corrected chi connectivity index (χ2v) is 4.56. The number of rotatable bonds is 3. The van der Waals surface area contributed by atoms with Crippen molar-refractivity contribution in [1.29, 1.82) is 0 Å². The maximum Gasteiger partial charge on any atom is 0.362 e. The lowest BCUT2D eigenvalue weighted by atomic mass is 10.2. The van der Waals surface area contributed by atoms with Gasteiger partial charge in [0.2, 0.25) is 11.1 Å². The van der Waals surface area contributed by atoms with Crippen LogP contribution >= 0.6 is 11.6 Å². The molecule has 1 heterocycles. The summed E-state index contributed by atoms with van der Waals surface area (Å²) in [6, 6.07) is 6.67. The van der Waals surface area contributed by atoms with Crippen LogP contribution in [0.1, 0.15) is 23.0 Å². The Balaban J connectivity index is 2.54. The molecule has 0 aliphatic rings. The minimum Gasteiger partial charge on any atom is -0.461 e. The number of hydrogen-bond acceptors (Lipinski definition) is 4. The van der Waals surface area contributed by atoms with E-state index in [9.17, 15) is 9.59 Å². The third kappa shape index (κ3) is 2.88. The number of halogens is 1. The highest BCUT2D eigenvalue weighted by molar-refractivity contribution is 6.32. The number of benzene rings is 1. The van der Waals surface area contributed by atoms with E-state index in [0.717, 1.165) is 5.56 Å². The Labute approximate surface area is 120 Å². The van der Waals surface area contributed by atoms with E-state index in [-0.39, 0.29) is 12.3 Å². The van der Waals surface area contributed by atoms with Gasteiger partial charge in [-0.3, -0.25) is 4.79 Å². The van der Waals surface area contributed by atoms with E-state index < -0.39 is 11.4 Å². The fraction of sp³-hybridized carbons (Fsp3) is 0.214. The Kier molecular flexibility index (Phi) is 4.20. The van der Waals surface area contributed by atoms with Crippen molar-refractivity contribution in [2.45, 2.75) is 13.8 Å². The van der Waals surface area contributed by atoms with Crippen molar-refractivity contribution in [3.63, 3.8) is 0 Å². The van der Waals surface area contributed by atoms with Gasteiger partial charge in [-0.1, -0.05) is 17.7 Å². The Hall–Kier alpha value is -2.14. The maximum atomic E-state index is 11.7. The van der Waals surface area contributed by atoms with Crippen LogP contribution in [0.4, 0.5) is 0 Å². The molecule has 104 valence electrons. The van der Waals surface area contributed by atoms with Gasteiger partial charge in [-0.2, -0.15) is 5.10 Å². The third-order valence-corrected chi connectivity index (χ3v) is 2.95. The average Bonchev–Trinajstić information content (AvgIpc) is 2.42. The van der Waals surface area contributed by atoms with Crippen molar-refractivity contribution in [2.75, 3.05) is 6.61 Å². The Morgan fingerprint density at radius 2 is 2.15 bits per heavy atom. The predicted molar refractivity (Wildman–Crippen MR) is 75.5 cm³/mol. The molecule has 2 rings (SSSR count). The fourth-order valence-corrected chi connectivity index (χ4v) is 1.89. The van der Waals surface area contributed by atoms with Gasteiger partial charge in [-0.15, -0.1) is 0 Å². The Morgan fingerprint density at radius 1 is 1.40 bits per heavy atom. The molecule has 0 spiro atoms. The summed E-state index contributed by atoms with van der Waals surface area (Å²) in [7, 11) is 0. The topological polar surface area (TPSA) is 61.2 Å². The number of aromatic nitrogens is 2. The van der Waals surface area contributed by atoms with Crippen LogP contribution in [0, 0.1) is 6.92 Å². The predicted octanol–water partition coefficient (Wildman–Crippen LogP) is 2.37. The molecule has 1 aromatic heterocycles. The summed E-state index contributed by atoms with van der Waals surface area (Å²) in [4.78, 5) is 23.3. The Bertz CT molecular complexity index is 710. The van der Waals surface area contributed by atoms with Crippen molar-refractivity contribution in [3.8, 4) is 5.69 Å². The van der Waals surface area contributed by atoms with Crippen molar-refractivity contribution < 1.29 is 9.53 Å². The zero-order valence-corrected chi connectivity index (χ0v) is 11.8. The minimum atomic E-state index is -0.740. The highest BCUT2D eigenvalue weighted by atomic mass is 35.5. The molecule has 0 aliphatic heterocycles. The van der Waals surface area contributed by atoms with Crippen molar-refractivity contribution in [2.24, 2.45) is 0 Å². The molecule has 5 nitrogen and oxygen atoms in total. The smallest absolute Gasteiger partial charge is 0.362 e. The summed E-state index contributed by atoms with van der Waals surface area (Å²) in [6.07, 6.45) is 1.46. The van der Waals surface area contributed by atoms with Crippen LogP contribution in [0.2, 0.25) is 5.02 Å². The molecule has 0 atom stereocenters. The first kappa shape index (κ1) is 14.3. The maximum absolute atomic E-state index is 11.7. The van der Waals surface area contributed by atoms with Crippen LogP contribution in [0.15, 0.2) is 35.3 Å². The summed E-state index contributed by atoms with van der Waals surface area (Å²) < 4.78 is 6.20. The lowest BCUT2D eigenvalue weighted by Gasteiger charge is -2.09. The molecule has 0 bridgehead atoms. The molecule has 2 aromatic rings. The molecule has 1 aromatic carbocycles. The van der Waals surface area contributed by atoms with Crippen LogP contribution < -0.4 is 5.43 Å². The molecule has 0 aliphatic carbocycles. The van der Waals surface area contributed by atoms with Crippen LogP contribution in [0.3, 0.4) is 0 Å². The largest absolute Gasteiger partial charge is 0.461 e. The van der Waals surface area contributed by atoms with E-state index in [4.69, 9.17) is 16.3 Å². The standard InChI is InChI=1S/C14H13ClN2O3/c1-3-20-14(19)13-12(18)6-7-17(16-13)11-8-9(2)4-5-10(11)15/h4-8H,3H2,1-2H3. The lowest BCUT2D eigenvalue weighted by Crippen LogP contribution is -2.22. The summed E-state index contributed by atoms with van der Waals surface area (Å²) in [5, 5.41) is 4.48. The van der Waals surface area contributed by atoms with Crippen molar-refractivity contribution in [3.05, 3.63) is 57.0 Å². The number of esters is 1. The van der Waals surface area contributed by atoms with E-state index in [1.165, 1.54) is 16.9 Å². The van der Waals surface area contributed by atoms with Gasteiger partial charge in [0.15, 0.2) is 0 Å². The molecule has 0 unspecified atom stereocenters. The van der Waals surface area contributed by atoms with E-state index in [1.54, 1.807) is 13.0 Å². The molecule has 0 fully saturated rings. The molecule has 0 N–H and O–H groups in total. The summed E-state index contributed by atoms with van der Waals surface area (Å²) in [5.41, 5.74) is 0.843. The zero-order chi connectivity index (χ0) is 14.7. The van der Waals surface area contributed by atoms with Gasteiger partial charge in [-0.25, -0.2) is 9.48 Å². The molecule has 20 heavy (non-hydrogen) atoms. The second kappa shape index (κ2) is 5.88. The first-order chi connectivity index (χ1) is 9.52. The van der Waals surface area contributed by atoms with Gasteiger partial charge < -0.3 is 4.74 Å². The van der Waals surface area contributed by atoms with Gasteiger partial charge in [0.05, 0.1) is 17.3 Å². The number of hydrogen-bond donors (Lipinski definition) is 0. The van der Waals surface area contributed by atoms with Gasteiger partial charge in [0.1, 0.15) is 0 Å². The normalized spacial score (nSPS) is 10.3. The monoisotopic (exact) mass is 292 g/mol. The lowest BCUT2D eigenvalue weighted by molar-refractivity contribution is 0.0515. The zero-order valence-electron chi connectivity index (χ0n) is 11.1. The Morgan fingerprint density at radius 3 is 2.85 bits per heavy atom. The average molecular weight is 293 g/mol. The van der Waals surface area contributed by atoms with Crippen LogP contribution in [0.5, 0.6) is 0 Å². The van der Waals surface area contributed by atoms with Crippen LogP contribution in [-0.4, -0.2) is 22.4 Å². The molecular formula is C14H13ClN2O3. The van der Waals surface area contributed by atoms with Crippen LogP contribution in [0.25, 0.3) is 5.69 Å². The highest BCUT2D eigenvalue weighted by Crippen LogP contribution is 2.20.